The molecule has 0 aromatic heterocycles. The quantitative estimate of drug-likeness (QED) is 0.256. The molecule has 0 aliphatic heterocycles. The van der Waals surface area contributed by atoms with E-state index in [4.69, 9.17) is 0 Å². The lowest BCUT2D eigenvalue weighted by Crippen LogP contribution is -1.99. The van der Waals surface area contributed by atoms with E-state index < -0.39 is 16.0 Å². The maximum Gasteiger partial charge on any atom is 0.302 e. The van der Waals surface area contributed by atoms with Gasteiger partial charge in [-0.15, -0.1) is 3.89 Å². The Bertz CT molecular complexity index is 229. The van der Waals surface area contributed by atoms with Crippen LogP contribution in [0.5, 0.6) is 0 Å². The number of carbonyl (C=O) groups excluding carboxylic acids is 1. The van der Waals surface area contributed by atoms with Crippen LogP contribution in [0.2, 0.25) is 0 Å². The minimum absolute atomic E-state index is 0.00660. The van der Waals surface area contributed by atoms with Crippen LogP contribution in [-0.2, 0) is 15.0 Å². The minimum Gasteiger partial charge on any atom is -0.211 e. The molecule has 0 aliphatic carbocycles. The van der Waals surface area contributed by atoms with Gasteiger partial charge in [-0.1, -0.05) is 0 Å². The number of nitrogens with zero attached hydrogens (tertiary/aromatic N) is 1. The summed E-state index contributed by atoms with van der Waals surface area (Å²) in [5.74, 6) is -0.585. The van der Waals surface area contributed by atoms with Crippen molar-refractivity contribution in [2.24, 2.45) is 4.99 Å². The summed E-state index contributed by atoms with van der Waals surface area (Å²) in [5, 5.41) is 0. The highest BCUT2D eigenvalue weighted by molar-refractivity contribution is 7.86. The fourth-order valence-electron chi connectivity index (χ4n) is 0.362. The summed E-state index contributed by atoms with van der Waals surface area (Å²) in [6.45, 7) is 0.00660. The zero-order valence-corrected chi connectivity index (χ0v) is 5.90. The van der Waals surface area contributed by atoms with Gasteiger partial charge in [-0.3, -0.25) is 0 Å². The largest absolute Gasteiger partial charge is 0.302 e. The molecule has 0 fully saturated rings. The first-order chi connectivity index (χ1) is 4.56. The summed E-state index contributed by atoms with van der Waals surface area (Å²) in [6, 6.07) is 0. The molecule has 0 saturated carbocycles. The Labute approximate surface area is 58.0 Å². The van der Waals surface area contributed by atoms with Crippen molar-refractivity contribution in [3.05, 3.63) is 0 Å². The van der Waals surface area contributed by atoms with Crippen LogP contribution in [-0.4, -0.2) is 26.8 Å². The van der Waals surface area contributed by atoms with Gasteiger partial charge in [0.15, 0.2) is 0 Å². The van der Waals surface area contributed by atoms with E-state index in [1.165, 1.54) is 6.08 Å². The van der Waals surface area contributed by atoms with Crippen molar-refractivity contribution in [3.8, 4) is 0 Å². The molecule has 0 unspecified atom stereocenters. The number of hydrogen-bond donors (Lipinski definition) is 0. The number of halogens is 1. The second-order valence-corrected chi connectivity index (χ2v) is 3.06. The molecule has 0 bridgehead atoms. The van der Waals surface area contributed by atoms with Gasteiger partial charge in [0.2, 0.25) is 6.08 Å². The number of isocyanates is 1. The summed E-state index contributed by atoms with van der Waals surface area (Å²) in [6.07, 6.45) is 1.23. The first kappa shape index (κ1) is 9.26. The van der Waals surface area contributed by atoms with Gasteiger partial charge in [0, 0.05) is 0 Å². The molecule has 0 saturated heterocycles. The van der Waals surface area contributed by atoms with Crippen LogP contribution in [0, 0.1) is 0 Å². The van der Waals surface area contributed by atoms with Crippen molar-refractivity contribution in [2.45, 2.75) is 6.42 Å². The van der Waals surface area contributed by atoms with Gasteiger partial charge in [-0.2, -0.15) is 8.42 Å². The topological polar surface area (TPSA) is 63.6 Å². The monoisotopic (exact) mass is 167 g/mol. The van der Waals surface area contributed by atoms with Crippen molar-refractivity contribution in [1.29, 1.82) is 0 Å². The third-order valence-electron chi connectivity index (χ3n) is 0.723. The predicted molar refractivity (Wildman–Crippen MR) is 32.5 cm³/mol. The summed E-state index contributed by atoms with van der Waals surface area (Å²) in [4.78, 5) is 12.4. The minimum atomic E-state index is -4.39. The molecular weight excluding hydrogens is 161 g/mol. The van der Waals surface area contributed by atoms with Gasteiger partial charge in [-0.05, 0) is 6.42 Å². The summed E-state index contributed by atoms with van der Waals surface area (Å²) in [7, 11) is -4.39. The molecule has 0 atom stereocenters. The van der Waals surface area contributed by atoms with Crippen LogP contribution in [0.1, 0.15) is 6.42 Å². The van der Waals surface area contributed by atoms with E-state index in [1.54, 1.807) is 0 Å². The molecule has 0 rings (SSSR count). The molecule has 58 valence electrons. The van der Waals surface area contributed by atoms with E-state index in [-0.39, 0.29) is 13.0 Å². The second kappa shape index (κ2) is 4.14. The van der Waals surface area contributed by atoms with Crippen LogP contribution >= 0.6 is 0 Å². The summed E-state index contributed by atoms with van der Waals surface area (Å²) in [5.41, 5.74) is 0. The van der Waals surface area contributed by atoms with Crippen LogP contribution < -0.4 is 0 Å². The lowest BCUT2D eigenvalue weighted by Gasteiger charge is -1.87. The van der Waals surface area contributed by atoms with Crippen molar-refractivity contribution in [1.82, 2.24) is 0 Å². The first-order valence-electron chi connectivity index (χ1n) is 2.52. The highest BCUT2D eigenvalue weighted by atomic mass is 32.3. The number of hydrogen-bond acceptors (Lipinski definition) is 4. The maximum absolute atomic E-state index is 11.6. The third-order valence-corrected chi connectivity index (χ3v) is 1.50. The van der Waals surface area contributed by atoms with E-state index in [1.807, 2.05) is 0 Å². The third kappa shape index (κ3) is 7.26. The van der Waals surface area contributed by atoms with E-state index in [9.17, 15) is 17.1 Å². The highest BCUT2D eigenvalue weighted by Crippen LogP contribution is 1.93. The Hall–Kier alpha value is -0.740. The van der Waals surface area contributed by atoms with E-state index in [0.29, 0.717) is 0 Å². The summed E-state index contributed by atoms with van der Waals surface area (Å²) < 4.78 is 31.2. The first-order valence-corrected chi connectivity index (χ1v) is 4.07. The fraction of sp³-hybridized carbons (Fsp3) is 0.750. The SMILES string of the molecule is O=C=NCCCS(=O)(=O)F. The Kier molecular flexibility index (Phi) is 3.83. The molecule has 0 N–H and O–H groups in total. The lowest BCUT2D eigenvalue weighted by atomic mass is 10.5. The Balaban J connectivity index is 3.48. The van der Waals surface area contributed by atoms with E-state index in [2.05, 4.69) is 4.99 Å². The van der Waals surface area contributed by atoms with Crippen LogP contribution in [0.4, 0.5) is 3.89 Å². The Morgan fingerprint density at radius 1 is 1.50 bits per heavy atom. The molecule has 0 heterocycles. The molecule has 0 spiro atoms. The molecule has 10 heavy (non-hydrogen) atoms. The van der Waals surface area contributed by atoms with E-state index in [0.717, 1.165) is 0 Å². The molecule has 0 amide bonds. The molecular formula is C4H6FNO3S. The molecule has 6 heteroatoms. The Morgan fingerprint density at radius 3 is 2.50 bits per heavy atom. The zero-order valence-electron chi connectivity index (χ0n) is 5.08. The van der Waals surface area contributed by atoms with Crippen molar-refractivity contribution in [3.63, 3.8) is 0 Å². The lowest BCUT2D eigenvalue weighted by molar-refractivity contribution is 0.548. The average Bonchev–Trinajstić information content (AvgIpc) is 1.78. The average molecular weight is 167 g/mol. The predicted octanol–water partition coefficient (Wildman–Crippen LogP) is 0.0116. The Morgan fingerprint density at radius 2 is 2.10 bits per heavy atom. The van der Waals surface area contributed by atoms with Gasteiger partial charge in [0.25, 0.3) is 0 Å². The molecule has 0 aliphatic rings. The molecule has 0 radical (unpaired) electrons. The summed E-state index contributed by atoms with van der Waals surface area (Å²) >= 11 is 0. The van der Waals surface area contributed by atoms with Gasteiger partial charge >= 0.3 is 10.2 Å². The second-order valence-electron chi connectivity index (χ2n) is 1.57. The maximum atomic E-state index is 11.6. The van der Waals surface area contributed by atoms with Crippen molar-refractivity contribution in [2.75, 3.05) is 12.3 Å². The van der Waals surface area contributed by atoms with Crippen LogP contribution in [0.25, 0.3) is 0 Å². The van der Waals surface area contributed by atoms with Gasteiger partial charge in [0.1, 0.15) is 0 Å². The number of aliphatic imine (C=N–C) groups is 1. The van der Waals surface area contributed by atoms with Gasteiger partial charge < -0.3 is 0 Å². The van der Waals surface area contributed by atoms with Gasteiger partial charge in [0.05, 0.1) is 12.3 Å². The fourth-order valence-corrected chi connectivity index (χ4v) is 0.836. The molecule has 0 aromatic carbocycles. The molecule has 4 nitrogen and oxygen atoms in total. The number of rotatable bonds is 4. The van der Waals surface area contributed by atoms with Crippen LogP contribution in [0.3, 0.4) is 0 Å². The molecule has 0 aromatic rings. The van der Waals surface area contributed by atoms with Gasteiger partial charge in [-0.25, -0.2) is 9.79 Å². The standard InChI is InChI=1S/C4H6FNO3S/c5-10(8,9)3-1-2-6-4-7/h1-3H2. The van der Waals surface area contributed by atoms with Crippen LogP contribution in [0.15, 0.2) is 4.99 Å². The van der Waals surface area contributed by atoms with Crippen molar-refractivity contribution >= 4 is 16.3 Å². The normalized spacial score (nSPS) is 10.5. The van der Waals surface area contributed by atoms with E-state index >= 15 is 0 Å². The highest BCUT2D eigenvalue weighted by Gasteiger charge is 2.04. The smallest absolute Gasteiger partial charge is 0.211 e. The zero-order chi connectivity index (χ0) is 8.04. The van der Waals surface area contributed by atoms with Crippen molar-refractivity contribution < 1.29 is 17.1 Å².